The lowest BCUT2D eigenvalue weighted by Gasteiger charge is -2.40. The first-order valence-electron chi connectivity index (χ1n) is 9.89. The summed E-state index contributed by atoms with van der Waals surface area (Å²) in [4.78, 5) is 0. The Balaban J connectivity index is 1.62. The fourth-order valence-electron chi connectivity index (χ4n) is 3.85. The first kappa shape index (κ1) is 22.4. The minimum absolute atomic E-state index is 0.00428. The van der Waals surface area contributed by atoms with Crippen molar-refractivity contribution in [3.63, 3.8) is 0 Å². The third kappa shape index (κ3) is 4.01. The molecule has 11 nitrogen and oxygen atoms in total. The summed E-state index contributed by atoms with van der Waals surface area (Å²) in [5, 5.41) is 79.5. The Labute approximate surface area is 181 Å². The summed E-state index contributed by atoms with van der Waals surface area (Å²) in [5.74, 6) is -0.811. The van der Waals surface area contributed by atoms with E-state index in [1.807, 2.05) is 0 Å². The summed E-state index contributed by atoms with van der Waals surface area (Å²) in [6.45, 7) is -0.633. The summed E-state index contributed by atoms with van der Waals surface area (Å²) < 4.78 is 16.8. The molecule has 2 heterocycles. The largest absolute Gasteiger partial charge is 0.508 e. The third-order valence-corrected chi connectivity index (χ3v) is 5.59. The minimum Gasteiger partial charge on any atom is -0.508 e. The van der Waals surface area contributed by atoms with Gasteiger partial charge in [0.25, 0.3) is 0 Å². The molecule has 1 saturated heterocycles. The molecule has 2 aromatic carbocycles. The molecule has 2 aromatic rings. The number of aromatic hydroxyl groups is 3. The highest BCUT2D eigenvalue weighted by molar-refractivity contribution is 5.52. The number of fused-ring (bicyclic) bond motifs is 1. The lowest BCUT2D eigenvalue weighted by Crippen LogP contribution is -2.60. The molecular weight excluding hydrogens is 428 g/mol. The standard InChI is InChI=1S/C21H24O11/c22-7-16-17(27)18(28)19(29)21(32-16)31-15-5-9(23)4-14-10(15)6-13(26)20(30-14)8-1-2-11(24)12(25)3-8/h1-5,13,16-29H,6-7H2/t13-,16?,17+,18-,19?,20+,21+/m0/s1. The molecule has 0 spiro atoms. The fourth-order valence-corrected chi connectivity index (χ4v) is 3.85. The van der Waals surface area contributed by atoms with E-state index in [0.717, 1.165) is 0 Å². The van der Waals surface area contributed by atoms with E-state index in [-0.39, 0.29) is 35.2 Å². The molecule has 32 heavy (non-hydrogen) atoms. The second-order valence-corrected chi connectivity index (χ2v) is 7.79. The van der Waals surface area contributed by atoms with E-state index in [1.165, 1.54) is 30.3 Å². The second-order valence-electron chi connectivity index (χ2n) is 7.79. The molecule has 0 radical (unpaired) electrons. The zero-order chi connectivity index (χ0) is 23.2. The van der Waals surface area contributed by atoms with Crippen LogP contribution in [0.4, 0.5) is 0 Å². The van der Waals surface area contributed by atoms with Crippen LogP contribution in [0.1, 0.15) is 17.2 Å². The number of benzene rings is 2. The Hall–Kier alpha value is -2.80. The molecule has 2 aliphatic rings. The molecule has 1 fully saturated rings. The van der Waals surface area contributed by atoms with Crippen LogP contribution in [0.3, 0.4) is 0 Å². The number of rotatable bonds is 4. The molecule has 11 heteroatoms. The van der Waals surface area contributed by atoms with Gasteiger partial charge in [0.05, 0.1) is 12.7 Å². The summed E-state index contributed by atoms with van der Waals surface area (Å²) in [6, 6.07) is 6.49. The van der Waals surface area contributed by atoms with Gasteiger partial charge in [-0.1, -0.05) is 6.07 Å². The maximum atomic E-state index is 10.7. The Morgan fingerprint density at radius 2 is 1.66 bits per heavy atom. The Morgan fingerprint density at radius 3 is 2.34 bits per heavy atom. The number of aliphatic hydroxyl groups is 5. The van der Waals surface area contributed by atoms with Crippen molar-refractivity contribution >= 4 is 0 Å². The molecule has 8 N–H and O–H groups in total. The summed E-state index contributed by atoms with van der Waals surface area (Å²) in [7, 11) is 0. The average molecular weight is 452 g/mol. The van der Waals surface area contributed by atoms with Crippen molar-refractivity contribution in [2.75, 3.05) is 6.61 Å². The molecule has 0 aliphatic carbocycles. The van der Waals surface area contributed by atoms with Gasteiger partial charge in [0.15, 0.2) is 11.5 Å². The van der Waals surface area contributed by atoms with Gasteiger partial charge in [0.2, 0.25) is 6.29 Å². The number of ether oxygens (including phenoxy) is 3. The quantitative estimate of drug-likeness (QED) is 0.266. The summed E-state index contributed by atoms with van der Waals surface area (Å²) >= 11 is 0. The number of aliphatic hydroxyl groups excluding tert-OH is 5. The topological polar surface area (TPSA) is 190 Å². The Morgan fingerprint density at radius 1 is 0.906 bits per heavy atom. The van der Waals surface area contributed by atoms with Crippen molar-refractivity contribution in [2.24, 2.45) is 0 Å². The maximum absolute atomic E-state index is 10.7. The fraction of sp³-hybridized carbons (Fsp3) is 0.429. The number of hydrogen-bond acceptors (Lipinski definition) is 11. The van der Waals surface area contributed by atoms with Gasteiger partial charge in [-0.2, -0.15) is 0 Å². The van der Waals surface area contributed by atoms with E-state index in [1.54, 1.807) is 0 Å². The third-order valence-electron chi connectivity index (χ3n) is 5.59. The highest BCUT2D eigenvalue weighted by Gasteiger charge is 2.45. The van der Waals surface area contributed by atoms with Crippen LogP contribution in [-0.4, -0.2) is 84.3 Å². The molecule has 0 aromatic heterocycles. The van der Waals surface area contributed by atoms with Crippen LogP contribution >= 0.6 is 0 Å². The van der Waals surface area contributed by atoms with Crippen LogP contribution in [0.2, 0.25) is 0 Å². The lowest BCUT2D eigenvalue weighted by molar-refractivity contribution is -0.277. The van der Waals surface area contributed by atoms with Crippen LogP contribution < -0.4 is 9.47 Å². The zero-order valence-corrected chi connectivity index (χ0v) is 16.6. The van der Waals surface area contributed by atoms with Crippen LogP contribution in [0, 0.1) is 0 Å². The van der Waals surface area contributed by atoms with Gasteiger partial charge in [-0.3, -0.25) is 0 Å². The molecular formula is C21H24O11. The van der Waals surface area contributed by atoms with Gasteiger partial charge in [0, 0.05) is 24.1 Å². The molecule has 7 atom stereocenters. The van der Waals surface area contributed by atoms with Crippen molar-refractivity contribution in [1.29, 1.82) is 0 Å². The van der Waals surface area contributed by atoms with Crippen LogP contribution in [0.15, 0.2) is 30.3 Å². The van der Waals surface area contributed by atoms with Gasteiger partial charge in [-0.25, -0.2) is 0 Å². The molecule has 2 unspecified atom stereocenters. The lowest BCUT2D eigenvalue weighted by atomic mass is 9.93. The molecule has 2 aliphatic heterocycles. The van der Waals surface area contributed by atoms with E-state index in [4.69, 9.17) is 14.2 Å². The van der Waals surface area contributed by atoms with E-state index in [2.05, 4.69) is 0 Å². The first-order valence-corrected chi connectivity index (χ1v) is 9.89. The zero-order valence-electron chi connectivity index (χ0n) is 16.6. The predicted molar refractivity (Wildman–Crippen MR) is 105 cm³/mol. The molecule has 0 bridgehead atoms. The first-order chi connectivity index (χ1) is 15.2. The van der Waals surface area contributed by atoms with Gasteiger partial charge in [0.1, 0.15) is 47.8 Å². The normalized spacial score (nSPS) is 32.1. The van der Waals surface area contributed by atoms with Gasteiger partial charge >= 0.3 is 0 Å². The second kappa shape index (κ2) is 8.62. The Bertz CT molecular complexity index is 978. The van der Waals surface area contributed by atoms with Crippen molar-refractivity contribution < 1.29 is 55.1 Å². The van der Waals surface area contributed by atoms with Gasteiger partial charge < -0.3 is 55.1 Å². The van der Waals surface area contributed by atoms with Gasteiger partial charge in [-0.15, -0.1) is 0 Å². The molecule has 4 rings (SSSR count). The number of phenols is 3. The average Bonchev–Trinajstić information content (AvgIpc) is 2.76. The molecule has 0 amide bonds. The monoisotopic (exact) mass is 452 g/mol. The highest BCUT2D eigenvalue weighted by atomic mass is 16.7. The highest BCUT2D eigenvalue weighted by Crippen LogP contribution is 2.44. The van der Waals surface area contributed by atoms with Crippen molar-refractivity contribution in [3.8, 4) is 28.7 Å². The smallest absolute Gasteiger partial charge is 0.229 e. The van der Waals surface area contributed by atoms with Crippen molar-refractivity contribution in [2.45, 2.75) is 49.3 Å². The van der Waals surface area contributed by atoms with E-state index in [9.17, 15) is 40.9 Å². The summed E-state index contributed by atoms with van der Waals surface area (Å²) in [6.07, 6.45) is -9.56. The number of phenolic OH excluding ortho intramolecular Hbond substituents is 3. The van der Waals surface area contributed by atoms with Crippen molar-refractivity contribution in [1.82, 2.24) is 0 Å². The van der Waals surface area contributed by atoms with E-state index in [0.29, 0.717) is 11.1 Å². The SMILES string of the molecule is OCC1O[C@@H](Oc2cc(O)cc3c2C[C@H](O)[C@@H](c2ccc(O)c(O)c2)O3)C(O)[C@@H](O)[C@@H]1O. The van der Waals surface area contributed by atoms with E-state index >= 15 is 0 Å². The van der Waals surface area contributed by atoms with Gasteiger partial charge in [-0.05, 0) is 17.7 Å². The van der Waals surface area contributed by atoms with E-state index < -0.39 is 49.5 Å². The maximum Gasteiger partial charge on any atom is 0.229 e. The predicted octanol–water partition coefficient (Wildman–Crippen LogP) is -0.981. The van der Waals surface area contributed by atoms with Crippen LogP contribution in [0.25, 0.3) is 0 Å². The summed E-state index contributed by atoms with van der Waals surface area (Å²) in [5.41, 5.74) is 0.727. The van der Waals surface area contributed by atoms with Crippen LogP contribution in [0.5, 0.6) is 28.7 Å². The minimum atomic E-state index is -1.66. The number of hydrogen-bond donors (Lipinski definition) is 8. The Kier molecular flexibility index (Phi) is 6.03. The molecule has 0 saturated carbocycles. The van der Waals surface area contributed by atoms with Crippen LogP contribution in [-0.2, 0) is 11.2 Å². The molecule has 174 valence electrons. The van der Waals surface area contributed by atoms with Crippen molar-refractivity contribution in [3.05, 3.63) is 41.5 Å².